The molecule has 0 aromatic carbocycles. The first-order valence-corrected chi connectivity index (χ1v) is 7.33. The molecule has 1 aliphatic carbocycles. The van der Waals surface area contributed by atoms with Crippen LogP contribution in [-0.2, 0) is 0 Å². The van der Waals surface area contributed by atoms with Gasteiger partial charge in [0.15, 0.2) is 0 Å². The number of nitrogens with one attached hydrogen (secondary N) is 1. The van der Waals surface area contributed by atoms with Gasteiger partial charge in [0, 0.05) is 9.97 Å². The lowest BCUT2D eigenvalue weighted by molar-refractivity contribution is 0.435. The fourth-order valence-corrected chi connectivity index (χ4v) is 3.14. The van der Waals surface area contributed by atoms with Crippen LogP contribution in [0.3, 0.4) is 0 Å². The third kappa shape index (κ3) is 4.43. The average Bonchev–Trinajstić information content (AvgIpc) is 2.18. The van der Waals surface area contributed by atoms with Crippen LogP contribution in [0.5, 0.6) is 0 Å². The van der Waals surface area contributed by atoms with Gasteiger partial charge < -0.3 is 5.32 Å². The van der Waals surface area contributed by atoms with Gasteiger partial charge in [0.25, 0.3) is 0 Å². The molecule has 0 unspecified atom stereocenters. The van der Waals surface area contributed by atoms with E-state index in [1.807, 2.05) is 0 Å². The molecule has 0 spiro atoms. The van der Waals surface area contributed by atoms with Crippen LogP contribution < -0.4 is 5.32 Å². The topological polar surface area (TPSA) is 12.0 Å². The van der Waals surface area contributed by atoms with Crippen LogP contribution in [0.1, 0.15) is 51.9 Å². The SMILES string of the molecule is CCCCC(=S)N[C@@H]1CCCC[C@H]1I. The van der Waals surface area contributed by atoms with E-state index in [2.05, 4.69) is 34.8 Å². The minimum absolute atomic E-state index is 0.647. The van der Waals surface area contributed by atoms with Crippen molar-refractivity contribution in [2.24, 2.45) is 0 Å². The Labute approximate surface area is 107 Å². The van der Waals surface area contributed by atoms with Gasteiger partial charge in [-0.05, 0) is 25.7 Å². The highest BCUT2D eigenvalue weighted by Gasteiger charge is 2.22. The first-order chi connectivity index (χ1) is 6.74. The molecular formula is C11H20INS. The molecule has 0 saturated heterocycles. The molecule has 1 saturated carbocycles. The number of halogens is 1. The molecular weight excluding hydrogens is 305 g/mol. The average molecular weight is 325 g/mol. The van der Waals surface area contributed by atoms with Crippen molar-refractivity contribution in [3.05, 3.63) is 0 Å². The summed E-state index contributed by atoms with van der Waals surface area (Å²) in [6.07, 6.45) is 8.96. The Morgan fingerprint density at radius 3 is 2.79 bits per heavy atom. The summed E-state index contributed by atoms with van der Waals surface area (Å²) in [6.45, 7) is 2.21. The van der Waals surface area contributed by atoms with E-state index in [9.17, 15) is 0 Å². The lowest BCUT2D eigenvalue weighted by Gasteiger charge is -2.29. The number of hydrogen-bond donors (Lipinski definition) is 1. The Hall–Kier alpha value is 0.620. The van der Waals surface area contributed by atoms with Gasteiger partial charge in [-0.25, -0.2) is 0 Å². The number of unbranched alkanes of at least 4 members (excludes halogenated alkanes) is 1. The fourth-order valence-electron chi connectivity index (χ4n) is 1.86. The molecule has 0 radical (unpaired) electrons. The van der Waals surface area contributed by atoms with Gasteiger partial charge in [0.05, 0.1) is 4.99 Å². The summed E-state index contributed by atoms with van der Waals surface area (Å²) in [4.78, 5) is 1.08. The maximum absolute atomic E-state index is 5.34. The third-order valence-electron chi connectivity index (χ3n) is 2.79. The second kappa shape index (κ2) is 6.99. The van der Waals surface area contributed by atoms with Crippen molar-refractivity contribution in [2.45, 2.75) is 61.8 Å². The van der Waals surface area contributed by atoms with Crippen molar-refractivity contribution >= 4 is 39.8 Å². The highest BCUT2D eigenvalue weighted by atomic mass is 127. The van der Waals surface area contributed by atoms with Crippen molar-refractivity contribution in [2.75, 3.05) is 0 Å². The molecule has 2 atom stereocenters. The normalized spacial score (nSPS) is 27.3. The fraction of sp³-hybridized carbons (Fsp3) is 0.909. The molecule has 0 aromatic rings. The number of hydrogen-bond acceptors (Lipinski definition) is 1. The van der Waals surface area contributed by atoms with Gasteiger partial charge in [-0.3, -0.25) is 0 Å². The predicted octanol–water partition coefficient (Wildman–Crippen LogP) is 3.84. The first-order valence-electron chi connectivity index (χ1n) is 5.67. The van der Waals surface area contributed by atoms with E-state index in [1.165, 1.54) is 38.5 Å². The maximum atomic E-state index is 5.34. The molecule has 82 valence electrons. The summed E-state index contributed by atoms with van der Waals surface area (Å²) in [5.41, 5.74) is 0. The number of rotatable bonds is 4. The van der Waals surface area contributed by atoms with Crippen LogP contribution in [-0.4, -0.2) is 15.0 Å². The van der Waals surface area contributed by atoms with Gasteiger partial charge in [0.2, 0.25) is 0 Å². The van der Waals surface area contributed by atoms with E-state index in [1.54, 1.807) is 0 Å². The zero-order chi connectivity index (χ0) is 10.4. The molecule has 14 heavy (non-hydrogen) atoms. The molecule has 1 rings (SSSR count). The molecule has 3 heteroatoms. The zero-order valence-electron chi connectivity index (χ0n) is 8.89. The first kappa shape index (κ1) is 12.7. The van der Waals surface area contributed by atoms with Crippen LogP contribution in [0.15, 0.2) is 0 Å². The standard InChI is InChI=1S/C11H20INS/c1-2-3-8-11(14)13-10-7-5-4-6-9(10)12/h9-10H,2-8H2,1H3,(H,13,14)/t9-,10-/m1/s1. The smallest absolute Gasteiger partial charge is 0.0755 e. The Morgan fingerprint density at radius 1 is 1.43 bits per heavy atom. The van der Waals surface area contributed by atoms with Crippen LogP contribution >= 0.6 is 34.8 Å². The van der Waals surface area contributed by atoms with E-state index in [4.69, 9.17) is 12.2 Å². The summed E-state index contributed by atoms with van der Waals surface area (Å²) < 4.78 is 0.779. The van der Waals surface area contributed by atoms with Crippen LogP contribution in [0.2, 0.25) is 0 Å². The molecule has 1 nitrogen and oxygen atoms in total. The Bertz CT molecular complexity index is 184. The summed E-state index contributed by atoms with van der Waals surface area (Å²) >= 11 is 7.91. The molecule has 1 N–H and O–H groups in total. The second-order valence-corrected chi connectivity index (χ2v) is 6.17. The van der Waals surface area contributed by atoms with Crippen molar-refractivity contribution in [3.8, 4) is 0 Å². The van der Waals surface area contributed by atoms with Crippen molar-refractivity contribution in [1.82, 2.24) is 5.32 Å². The summed E-state index contributed by atoms with van der Waals surface area (Å²) in [5, 5.41) is 3.53. The third-order valence-corrected chi connectivity index (χ3v) is 4.60. The number of alkyl halides is 1. The molecule has 1 fully saturated rings. The molecule has 0 amide bonds. The molecule has 0 aliphatic heterocycles. The van der Waals surface area contributed by atoms with E-state index in [-0.39, 0.29) is 0 Å². The zero-order valence-corrected chi connectivity index (χ0v) is 11.9. The highest BCUT2D eigenvalue weighted by Crippen LogP contribution is 2.25. The van der Waals surface area contributed by atoms with Crippen LogP contribution in [0, 0.1) is 0 Å². The lowest BCUT2D eigenvalue weighted by Crippen LogP contribution is -2.41. The van der Waals surface area contributed by atoms with E-state index < -0.39 is 0 Å². The minimum atomic E-state index is 0.647. The van der Waals surface area contributed by atoms with Gasteiger partial charge in [0.1, 0.15) is 0 Å². The van der Waals surface area contributed by atoms with Gasteiger partial charge in [-0.2, -0.15) is 0 Å². The van der Waals surface area contributed by atoms with Gasteiger partial charge in [-0.15, -0.1) is 0 Å². The van der Waals surface area contributed by atoms with E-state index in [0.29, 0.717) is 6.04 Å². The Balaban J connectivity index is 2.23. The van der Waals surface area contributed by atoms with Crippen molar-refractivity contribution < 1.29 is 0 Å². The highest BCUT2D eigenvalue weighted by molar-refractivity contribution is 14.1. The predicted molar refractivity (Wildman–Crippen MR) is 75.3 cm³/mol. The summed E-state index contributed by atoms with van der Waals surface area (Å²) in [6, 6.07) is 0.647. The van der Waals surface area contributed by atoms with E-state index >= 15 is 0 Å². The summed E-state index contributed by atoms with van der Waals surface area (Å²) in [5.74, 6) is 0. The Kier molecular flexibility index (Phi) is 6.33. The molecule has 0 aromatic heterocycles. The molecule has 0 heterocycles. The quantitative estimate of drug-likeness (QED) is 0.479. The van der Waals surface area contributed by atoms with Crippen LogP contribution in [0.4, 0.5) is 0 Å². The number of thiocarbonyl (C=S) groups is 1. The van der Waals surface area contributed by atoms with E-state index in [0.717, 1.165) is 15.3 Å². The largest absolute Gasteiger partial charge is 0.376 e. The van der Waals surface area contributed by atoms with Crippen molar-refractivity contribution in [3.63, 3.8) is 0 Å². The lowest BCUT2D eigenvalue weighted by atomic mass is 9.95. The minimum Gasteiger partial charge on any atom is -0.376 e. The second-order valence-electron chi connectivity index (χ2n) is 4.08. The van der Waals surface area contributed by atoms with Gasteiger partial charge >= 0.3 is 0 Å². The Morgan fingerprint density at radius 2 is 2.14 bits per heavy atom. The molecule has 1 aliphatic rings. The van der Waals surface area contributed by atoms with Gasteiger partial charge in [-0.1, -0.05) is 61.0 Å². The maximum Gasteiger partial charge on any atom is 0.0755 e. The van der Waals surface area contributed by atoms with Crippen LogP contribution in [0.25, 0.3) is 0 Å². The van der Waals surface area contributed by atoms with Crippen molar-refractivity contribution in [1.29, 1.82) is 0 Å². The molecule has 0 bridgehead atoms. The monoisotopic (exact) mass is 325 g/mol. The summed E-state index contributed by atoms with van der Waals surface area (Å²) in [7, 11) is 0.